The summed E-state index contributed by atoms with van der Waals surface area (Å²) >= 11 is 6.37. The van der Waals surface area contributed by atoms with E-state index in [0.29, 0.717) is 15.0 Å². The number of carbonyl (C=O) groups excluding carboxylic acids is 1. The second kappa shape index (κ2) is 7.00. The number of amides is 1. The molecule has 1 unspecified atom stereocenters. The fourth-order valence-electron chi connectivity index (χ4n) is 1.08. The van der Waals surface area contributed by atoms with Crippen LogP contribution in [0.4, 0.5) is 5.82 Å². The number of nitrogens with one attached hydrogen (secondary N) is 1. The zero-order valence-corrected chi connectivity index (χ0v) is 12.3. The van der Waals surface area contributed by atoms with Gasteiger partial charge >= 0.3 is 0 Å². The van der Waals surface area contributed by atoms with E-state index in [1.807, 2.05) is 0 Å². The van der Waals surface area contributed by atoms with Crippen molar-refractivity contribution in [1.82, 2.24) is 9.97 Å². The van der Waals surface area contributed by atoms with Gasteiger partial charge < -0.3 is 15.8 Å². The van der Waals surface area contributed by atoms with Crippen LogP contribution >= 0.6 is 31.9 Å². The second-order valence-corrected chi connectivity index (χ2v) is 4.74. The molecule has 1 rings (SSSR count). The first-order valence-electron chi connectivity index (χ1n) is 4.77. The van der Waals surface area contributed by atoms with Gasteiger partial charge in [0.1, 0.15) is 9.21 Å². The molecule has 0 spiro atoms. The van der Waals surface area contributed by atoms with E-state index in [-0.39, 0.29) is 25.0 Å². The first-order chi connectivity index (χ1) is 8.06. The Hall–Kier alpha value is -0.570. The van der Waals surface area contributed by atoms with Gasteiger partial charge in [0.2, 0.25) is 5.91 Å². The van der Waals surface area contributed by atoms with Crippen molar-refractivity contribution in [3.8, 4) is 0 Å². The molecule has 1 atom stereocenters. The van der Waals surface area contributed by atoms with Crippen molar-refractivity contribution in [3.05, 3.63) is 15.4 Å². The summed E-state index contributed by atoms with van der Waals surface area (Å²) in [6, 6.07) is 0. The van der Waals surface area contributed by atoms with Crippen molar-refractivity contribution in [2.24, 2.45) is 5.73 Å². The summed E-state index contributed by atoms with van der Waals surface area (Å²) in [6.07, 6.45) is 1.38. The number of methoxy groups -OCH3 is 1. The molecule has 0 bridgehead atoms. The summed E-state index contributed by atoms with van der Waals surface area (Å²) in [5, 5.41) is 2.62. The molecule has 6 nitrogen and oxygen atoms in total. The number of anilines is 1. The SMILES string of the molecule is COC(CN)CC(=O)Nc1ncc(Br)nc1Br. The Labute approximate surface area is 116 Å². The lowest BCUT2D eigenvalue weighted by molar-refractivity contribution is -0.118. The van der Waals surface area contributed by atoms with E-state index in [2.05, 4.69) is 47.1 Å². The first-order valence-corrected chi connectivity index (χ1v) is 6.36. The van der Waals surface area contributed by atoms with Gasteiger partial charge in [0.15, 0.2) is 5.82 Å². The maximum absolute atomic E-state index is 11.6. The fraction of sp³-hybridized carbons (Fsp3) is 0.444. The summed E-state index contributed by atoms with van der Waals surface area (Å²) in [5.41, 5.74) is 5.43. The van der Waals surface area contributed by atoms with Gasteiger partial charge in [-0.2, -0.15) is 0 Å². The maximum Gasteiger partial charge on any atom is 0.228 e. The molecule has 0 aliphatic rings. The van der Waals surface area contributed by atoms with E-state index in [9.17, 15) is 4.79 Å². The Morgan fingerprint density at radius 3 is 2.88 bits per heavy atom. The van der Waals surface area contributed by atoms with Crippen LogP contribution in [0.25, 0.3) is 0 Å². The van der Waals surface area contributed by atoms with Gasteiger partial charge in [-0.1, -0.05) is 0 Å². The molecule has 1 aromatic rings. The van der Waals surface area contributed by atoms with Crippen LogP contribution in [-0.4, -0.2) is 35.6 Å². The van der Waals surface area contributed by atoms with Gasteiger partial charge in [-0.15, -0.1) is 0 Å². The van der Waals surface area contributed by atoms with Gasteiger partial charge in [0, 0.05) is 13.7 Å². The third kappa shape index (κ3) is 4.66. The predicted molar refractivity (Wildman–Crippen MR) is 70.5 cm³/mol. The minimum Gasteiger partial charge on any atom is -0.380 e. The summed E-state index contributed by atoms with van der Waals surface area (Å²) < 4.78 is 6.06. The molecule has 1 aromatic heterocycles. The number of hydrogen-bond acceptors (Lipinski definition) is 5. The highest BCUT2D eigenvalue weighted by molar-refractivity contribution is 9.11. The Morgan fingerprint density at radius 1 is 1.65 bits per heavy atom. The maximum atomic E-state index is 11.6. The van der Waals surface area contributed by atoms with Gasteiger partial charge in [-0.05, 0) is 31.9 Å². The van der Waals surface area contributed by atoms with E-state index < -0.39 is 0 Å². The van der Waals surface area contributed by atoms with Crippen molar-refractivity contribution in [3.63, 3.8) is 0 Å². The van der Waals surface area contributed by atoms with Crippen LogP contribution in [0.15, 0.2) is 15.4 Å². The topological polar surface area (TPSA) is 90.1 Å². The molecule has 0 aromatic carbocycles. The lowest BCUT2D eigenvalue weighted by atomic mass is 10.2. The van der Waals surface area contributed by atoms with Gasteiger partial charge in [0.05, 0.1) is 18.7 Å². The quantitative estimate of drug-likeness (QED) is 0.818. The average Bonchev–Trinajstić information content (AvgIpc) is 2.29. The molecule has 0 radical (unpaired) electrons. The fourth-order valence-corrected chi connectivity index (χ4v) is 1.99. The molecule has 1 heterocycles. The summed E-state index contributed by atoms with van der Waals surface area (Å²) in [4.78, 5) is 19.7. The Kier molecular flexibility index (Phi) is 5.96. The van der Waals surface area contributed by atoms with Crippen LogP contribution in [0, 0.1) is 0 Å². The van der Waals surface area contributed by atoms with Crippen LogP contribution in [0.2, 0.25) is 0 Å². The summed E-state index contributed by atoms with van der Waals surface area (Å²) in [6.45, 7) is 0.289. The Morgan fingerprint density at radius 2 is 2.35 bits per heavy atom. The second-order valence-electron chi connectivity index (χ2n) is 3.18. The number of nitrogens with two attached hydrogens (primary N) is 1. The smallest absolute Gasteiger partial charge is 0.228 e. The normalized spacial score (nSPS) is 12.2. The van der Waals surface area contributed by atoms with Gasteiger partial charge in [-0.3, -0.25) is 4.79 Å². The molecule has 17 heavy (non-hydrogen) atoms. The van der Waals surface area contributed by atoms with Crippen LogP contribution in [0.3, 0.4) is 0 Å². The lowest BCUT2D eigenvalue weighted by Crippen LogP contribution is -2.28. The Bertz CT molecular complexity index is 399. The number of halogens is 2. The van der Waals surface area contributed by atoms with Gasteiger partial charge in [-0.25, -0.2) is 9.97 Å². The van der Waals surface area contributed by atoms with E-state index in [0.717, 1.165) is 0 Å². The zero-order valence-electron chi connectivity index (χ0n) is 9.11. The highest BCUT2D eigenvalue weighted by atomic mass is 79.9. The summed E-state index contributed by atoms with van der Waals surface area (Å²) in [5.74, 6) is 0.143. The lowest BCUT2D eigenvalue weighted by Gasteiger charge is -2.12. The highest BCUT2D eigenvalue weighted by Gasteiger charge is 2.13. The molecule has 0 saturated carbocycles. The Balaban J connectivity index is 2.62. The van der Waals surface area contributed by atoms with Crippen molar-refractivity contribution < 1.29 is 9.53 Å². The van der Waals surface area contributed by atoms with Crippen molar-refractivity contribution >= 4 is 43.6 Å². The zero-order chi connectivity index (χ0) is 12.8. The third-order valence-electron chi connectivity index (χ3n) is 1.97. The van der Waals surface area contributed by atoms with E-state index in [1.54, 1.807) is 0 Å². The van der Waals surface area contributed by atoms with E-state index in [4.69, 9.17) is 10.5 Å². The molecule has 8 heteroatoms. The van der Waals surface area contributed by atoms with Crippen LogP contribution in [0.1, 0.15) is 6.42 Å². The summed E-state index contributed by atoms with van der Waals surface area (Å²) in [7, 11) is 1.51. The largest absolute Gasteiger partial charge is 0.380 e. The minimum atomic E-state index is -0.294. The van der Waals surface area contributed by atoms with Crippen LogP contribution in [-0.2, 0) is 9.53 Å². The minimum absolute atomic E-state index is 0.178. The predicted octanol–water partition coefficient (Wildman–Crippen LogP) is 1.30. The number of carbonyl (C=O) groups is 1. The number of ether oxygens (including phenoxy) is 1. The number of hydrogen-bond donors (Lipinski definition) is 2. The molecule has 0 fully saturated rings. The van der Waals surface area contributed by atoms with E-state index in [1.165, 1.54) is 13.3 Å². The molecule has 1 amide bonds. The van der Waals surface area contributed by atoms with Crippen LogP contribution < -0.4 is 11.1 Å². The third-order valence-corrected chi connectivity index (χ3v) is 2.90. The van der Waals surface area contributed by atoms with Gasteiger partial charge in [0.25, 0.3) is 0 Å². The molecular weight excluding hydrogens is 356 g/mol. The molecule has 0 aliphatic carbocycles. The van der Waals surface area contributed by atoms with Crippen LogP contribution in [0.5, 0.6) is 0 Å². The molecule has 94 valence electrons. The van der Waals surface area contributed by atoms with Crippen molar-refractivity contribution in [1.29, 1.82) is 0 Å². The van der Waals surface area contributed by atoms with E-state index >= 15 is 0 Å². The molecule has 3 N–H and O–H groups in total. The number of nitrogens with zero attached hydrogens (tertiary/aromatic N) is 2. The number of rotatable bonds is 5. The van der Waals surface area contributed by atoms with Crippen molar-refractivity contribution in [2.75, 3.05) is 19.0 Å². The molecular formula is C9H12Br2N4O2. The van der Waals surface area contributed by atoms with Crippen molar-refractivity contribution in [2.45, 2.75) is 12.5 Å². The first kappa shape index (κ1) is 14.5. The number of aromatic nitrogens is 2. The molecule has 0 saturated heterocycles. The highest BCUT2D eigenvalue weighted by Crippen LogP contribution is 2.19. The standard InChI is InChI=1S/C9H12Br2N4O2/c1-17-5(3-12)2-7(16)15-9-8(11)14-6(10)4-13-9/h4-5H,2-3,12H2,1H3,(H,13,15,16). The molecule has 0 aliphatic heterocycles. The monoisotopic (exact) mass is 366 g/mol. The average molecular weight is 368 g/mol.